The number of hydrogen-bond donors (Lipinski definition) is 1. The van der Waals surface area contributed by atoms with Crippen LogP contribution in [0.4, 0.5) is 11.4 Å². The van der Waals surface area contributed by atoms with Crippen molar-refractivity contribution in [1.29, 1.82) is 5.26 Å². The van der Waals surface area contributed by atoms with Gasteiger partial charge in [-0.25, -0.2) is 0 Å². The van der Waals surface area contributed by atoms with Crippen LogP contribution in [-0.2, 0) is 11.4 Å². The molecule has 1 N–H and O–H groups in total. The fourth-order valence-corrected chi connectivity index (χ4v) is 3.63. The number of nitro groups is 1. The normalized spacial score (nSPS) is 10.9. The lowest BCUT2D eigenvalue weighted by Crippen LogP contribution is -2.13. The number of nitro benzene ring substituents is 1. The standard InChI is InChI=1S/C26H21Cl2N3O5/c1-3-35-24-12-18(9-19(14-29)26(32)30-20-8-7-16(2)22(27)13-20)11-23(28)25(24)36-15-17-5-4-6-21(10-17)31(33)34/h4-13H,3,15H2,1-2H3,(H,30,32)/b19-9-. The Labute approximate surface area is 217 Å². The fourth-order valence-electron chi connectivity index (χ4n) is 3.17. The van der Waals surface area contributed by atoms with Gasteiger partial charge in [0.05, 0.1) is 16.6 Å². The monoisotopic (exact) mass is 525 g/mol. The lowest BCUT2D eigenvalue weighted by Gasteiger charge is -2.15. The number of carbonyl (C=O) groups excluding carboxylic acids is 1. The highest BCUT2D eigenvalue weighted by molar-refractivity contribution is 6.32. The summed E-state index contributed by atoms with van der Waals surface area (Å²) in [6.07, 6.45) is 1.38. The van der Waals surface area contributed by atoms with Gasteiger partial charge in [0.15, 0.2) is 11.5 Å². The van der Waals surface area contributed by atoms with E-state index >= 15 is 0 Å². The number of hydrogen-bond acceptors (Lipinski definition) is 6. The summed E-state index contributed by atoms with van der Waals surface area (Å²) in [6.45, 7) is 3.94. The second-order valence-electron chi connectivity index (χ2n) is 7.57. The summed E-state index contributed by atoms with van der Waals surface area (Å²) in [4.78, 5) is 23.2. The number of nitriles is 1. The van der Waals surface area contributed by atoms with Crippen molar-refractivity contribution in [2.75, 3.05) is 11.9 Å². The highest BCUT2D eigenvalue weighted by atomic mass is 35.5. The van der Waals surface area contributed by atoms with Crippen molar-refractivity contribution in [3.05, 3.63) is 97.0 Å². The molecular weight excluding hydrogens is 505 g/mol. The number of nitrogens with one attached hydrogen (secondary N) is 1. The van der Waals surface area contributed by atoms with Gasteiger partial charge in [-0.1, -0.05) is 41.4 Å². The Morgan fingerprint density at radius 1 is 1.14 bits per heavy atom. The molecule has 0 unspecified atom stereocenters. The maximum absolute atomic E-state index is 12.7. The molecule has 3 aromatic carbocycles. The highest BCUT2D eigenvalue weighted by Gasteiger charge is 2.16. The number of anilines is 1. The van der Waals surface area contributed by atoms with Crippen molar-refractivity contribution in [1.82, 2.24) is 0 Å². The lowest BCUT2D eigenvalue weighted by molar-refractivity contribution is -0.384. The Morgan fingerprint density at radius 2 is 1.92 bits per heavy atom. The number of rotatable bonds is 9. The van der Waals surface area contributed by atoms with Gasteiger partial charge in [-0.2, -0.15) is 5.26 Å². The van der Waals surface area contributed by atoms with E-state index in [9.17, 15) is 20.2 Å². The third-order valence-corrected chi connectivity index (χ3v) is 5.63. The zero-order valence-electron chi connectivity index (χ0n) is 19.4. The van der Waals surface area contributed by atoms with Gasteiger partial charge in [-0.05, 0) is 60.9 Å². The number of amides is 1. The molecule has 0 saturated heterocycles. The number of non-ortho nitro benzene ring substituents is 1. The molecule has 8 nitrogen and oxygen atoms in total. The van der Waals surface area contributed by atoms with Crippen LogP contribution in [0.2, 0.25) is 10.0 Å². The summed E-state index contributed by atoms with van der Waals surface area (Å²) in [6, 6.07) is 16.1. The predicted molar refractivity (Wildman–Crippen MR) is 138 cm³/mol. The van der Waals surface area contributed by atoms with Gasteiger partial charge in [0.1, 0.15) is 18.2 Å². The molecule has 3 rings (SSSR count). The minimum Gasteiger partial charge on any atom is -0.490 e. The molecule has 0 bridgehead atoms. The third-order valence-electron chi connectivity index (χ3n) is 4.94. The quantitative estimate of drug-likeness (QED) is 0.143. The smallest absolute Gasteiger partial charge is 0.269 e. The second kappa shape index (κ2) is 12.1. The van der Waals surface area contributed by atoms with E-state index in [0.29, 0.717) is 34.2 Å². The first-order valence-electron chi connectivity index (χ1n) is 10.7. The molecule has 0 spiro atoms. The zero-order valence-corrected chi connectivity index (χ0v) is 20.9. The van der Waals surface area contributed by atoms with Crippen LogP contribution < -0.4 is 14.8 Å². The van der Waals surface area contributed by atoms with Crippen LogP contribution >= 0.6 is 23.2 Å². The molecule has 0 aliphatic heterocycles. The third kappa shape index (κ3) is 6.75. The van der Waals surface area contributed by atoms with Crippen LogP contribution in [0, 0.1) is 28.4 Å². The van der Waals surface area contributed by atoms with Gasteiger partial charge in [0.25, 0.3) is 11.6 Å². The van der Waals surface area contributed by atoms with Crippen LogP contribution in [-0.4, -0.2) is 17.4 Å². The summed E-state index contributed by atoms with van der Waals surface area (Å²) >= 11 is 12.6. The molecule has 184 valence electrons. The highest BCUT2D eigenvalue weighted by Crippen LogP contribution is 2.38. The first-order valence-corrected chi connectivity index (χ1v) is 11.5. The van der Waals surface area contributed by atoms with Gasteiger partial charge >= 0.3 is 0 Å². The maximum Gasteiger partial charge on any atom is 0.269 e. The molecular formula is C26H21Cl2N3O5. The minimum absolute atomic E-state index is 0.0155. The number of halogens is 2. The number of carbonyl (C=O) groups is 1. The van der Waals surface area contributed by atoms with Crippen LogP contribution in [0.1, 0.15) is 23.6 Å². The van der Waals surface area contributed by atoms with Gasteiger partial charge in [0, 0.05) is 22.8 Å². The van der Waals surface area contributed by atoms with Crippen molar-refractivity contribution >= 4 is 46.6 Å². The van der Waals surface area contributed by atoms with E-state index < -0.39 is 10.8 Å². The maximum atomic E-state index is 12.7. The number of aryl methyl sites for hydroxylation is 1. The topological polar surface area (TPSA) is 114 Å². The Balaban J connectivity index is 1.85. The second-order valence-corrected chi connectivity index (χ2v) is 8.38. The van der Waals surface area contributed by atoms with E-state index in [4.69, 9.17) is 32.7 Å². The van der Waals surface area contributed by atoms with Gasteiger partial charge < -0.3 is 14.8 Å². The van der Waals surface area contributed by atoms with Crippen molar-refractivity contribution in [3.63, 3.8) is 0 Å². The number of ether oxygens (including phenoxy) is 2. The number of benzene rings is 3. The number of nitrogens with zero attached hydrogens (tertiary/aromatic N) is 2. The summed E-state index contributed by atoms with van der Waals surface area (Å²) in [5.41, 5.74) is 2.12. The van der Waals surface area contributed by atoms with Crippen molar-refractivity contribution in [3.8, 4) is 17.6 Å². The van der Waals surface area contributed by atoms with E-state index in [0.717, 1.165) is 5.56 Å². The molecule has 1 amide bonds. The van der Waals surface area contributed by atoms with Crippen molar-refractivity contribution < 1.29 is 19.2 Å². The predicted octanol–water partition coefficient (Wildman–Crippen LogP) is 6.73. The summed E-state index contributed by atoms with van der Waals surface area (Å²) in [5.74, 6) is -0.0818. The Morgan fingerprint density at radius 3 is 2.58 bits per heavy atom. The summed E-state index contributed by atoms with van der Waals surface area (Å²) < 4.78 is 11.5. The van der Waals surface area contributed by atoms with Gasteiger partial charge in [0.2, 0.25) is 0 Å². The van der Waals surface area contributed by atoms with Crippen molar-refractivity contribution in [2.45, 2.75) is 20.5 Å². The van der Waals surface area contributed by atoms with Gasteiger partial charge in [-0.15, -0.1) is 0 Å². The van der Waals surface area contributed by atoms with Crippen molar-refractivity contribution in [2.24, 2.45) is 0 Å². The first kappa shape index (κ1) is 26.5. The lowest BCUT2D eigenvalue weighted by atomic mass is 10.1. The van der Waals surface area contributed by atoms with E-state index in [2.05, 4.69) is 5.32 Å². The summed E-state index contributed by atoms with van der Waals surface area (Å²) in [5, 5.41) is 23.9. The zero-order chi connectivity index (χ0) is 26.2. The molecule has 0 heterocycles. The molecule has 0 atom stereocenters. The largest absolute Gasteiger partial charge is 0.490 e. The molecule has 3 aromatic rings. The van der Waals surface area contributed by atoms with Crippen LogP contribution in [0.25, 0.3) is 6.08 Å². The van der Waals surface area contributed by atoms with Crippen LogP contribution in [0.3, 0.4) is 0 Å². The molecule has 0 fully saturated rings. The van der Waals surface area contributed by atoms with E-state index in [1.807, 2.05) is 13.0 Å². The molecule has 10 heteroatoms. The Hall–Kier alpha value is -4.06. The first-order chi connectivity index (χ1) is 17.2. The fraction of sp³-hybridized carbons (Fsp3) is 0.154. The van der Waals surface area contributed by atoms with Crippen LogP contribution in [0.5, 0.6) is 11.5 Å². The SMILES string of the molecule is CCOc1cc(/C=C(/C#N)C(=O)Nc2ccc(C)c(Cl)c2)cc(Cl)c1OCc1cccc([N+](=O)[O-])c1. The average molecular weight is 526 g/mol. The molecule has 0 aromatic heterocycles. The van der Waals surface area contributed by atoms with Crippen LogP contribution in [0.15, 0.2) is 60.2 Å². The molecule has 0 radical (unpaired) electrons. The Kier molecular flexibility index (Phi) is 8.90. The van der Waals surface area contributed by atoms with E-state index in [-0.39, 0.29) is 28.6 Å². The molecule has 36 heavy (non-hydrogen) atoms. The summed E-state index contributed by atoms with van der Waals surface area (Å²) in [7, 11) is 0. The van der Waals surface area contributed by atoms with E-state index in [1.54, 1.807) is 43.3 Å². The van der Waals surface area contributed by atoms with Gasteiger partial charge in [-0.3, -0.25) is 14.9 Å². The molecule has 0 aliphatic carbocycles. The average Bonchev–Trinajstić information content (AvgIpc) is 2.84. The van der Waals surface area contributed by atoms with E-state index in [1.165, 1.54) is 24.3 Å². The molecule has 0 saturated carbocycles. The Bertz CT molecular complexity index is 1380. The molecule has 0 aliphatic rings. The minimum atomic E-state index is -0.613.